The highest BCUT2D eigenvalue weighted by molar-refractivity contribution is 6.13. The number of carbonyl (C=O) groups excluding carboxylic acids is 1. The zero-order valence-corrected chi connectivity index (χ0v) is 20.2. The smallest absolute Gasteiger partial charge is 0.324 e. The SMILES string of the molecule is CCC.CCCCCCC(=O)OCl.CCCCCCCCCCC1CCCO1. The van der Waals surface area contributed by atoms with Gasteiger partial charge in [0, 0.05) is 13.0 Å². The van der Waals surface area contributed by atoms with Crippen LogP contribution in [0.15, 0.2) is 0 Å². The van der Waals surface area contributed by atoms with Gasteiger partial charge in [-0.1, -0.05) is 105 Å². The molecule has 0 bridgehead atoms. The maximum absolute atomic E-state index is 10.4. The summed E-state index contributed by atoms with van der Waals surface area (Å²) < 4.78 is 9.58. The average Bonchev–Trinajstić information content (AvgIpc) is 3.22. The molecule has 3 nitrogen and oxygen atoms in total. The van der Waals surface area contributed by atoms with Crippen LogP contribution in [0.3, 0.4) is 0 Å². The maximum atomic E-state index is 10.4. The second-order valence-electron chi connectivity index (χ2n) is 7.87. The molecule has 0 radical (unpaired) electrons. The highest BCUT2D eigenvalue weighted by Crippen LogP contribution is 2.19. The molecule has 0 aromatic rings. The minimum Gasteiger partial charge on any atom is -0.378 e. The summed E-state index contributed by atoms with van der Waals surface area (Å²) in [5, 5.41) is 0. The second kappa shape index (κ2) is 26.7. The summed E-state index contributed by atoms with van der Waals surface area (Å²) in [5.74, 6) is -0.322. The summed E-state index contributed by atoms with van der Waals surface area (Å²) in [4.78, 5) is 10.4. The van der Waals surface area contributed by atoms with Crippen molar-refractivity contribution >= 4 is 17.8 Å². The number of halogens is 1. The van der Waals surface area contributed by atoms with Gasteiger partial charge in [-0.05, 0) is 25.7 Å². The molecule has 1 aliphatic heterocycles. The Hall–Kier alpha value is -0.280. The fourth-order valence-corrected chi connectivity index (χ4v) is 3.19. The van der Waals surface area contributed by atoms with Crippen molar-refractivity contribution in [2.45, 2.75) is 143 Å². The summed E-state index contributed by atoms with van der Waals surface area (Å²) in [7, 11) is 0. The first kappa shape index (κ1) is 29.9. The zero-order chi connectivity index (χ0) is 21.3. The Bertz CT molecular complexity index is 292. The van der Waals surface area contributed by atoms with Gasteiger partial charge in [0.15, 0.2) is 0 Å². The van der Waals surface area contributed by atoms with E-state index in [1.54, 1.807) is 0 Å². The fraction of sp³-hybridized carbons (Fsp3) is 0.958. The number of hydrogen-bond acceptors (Lipinski definition) is 3. The lowest BCUT2D eigenvalue weighted by molar-refractivity contribution is -0.134. The molecule has 0 aromatic carbocycles. The molecule has 0 spiro atoms. The fourth-order valence-electron chi connectivity index (χ4n) is 3.11. The van der Waals surface area contributed by atoms with E-state index >= 15 is 0 Å². The predicted molar refractivity (Wildman–Crippen MR) is 123 cm³/mol. The molecule has 0 aliphatic carbocycles. The van der Waals surface area contributed by atoms with E-state index in [4.69, 9.17) is 16.6 Å². The van der Waals surface area contributed by atoms with Gasteiger partial charge in [-0.2, -0.15) is 0 Å². The largest absolute Gasteiger partial charge is 0.378 e. The van der Waals surface area contributed by atoms with Crippen LogP contribution in [0.2, 0.25) is 0 Å². The zero-order valence-electron chi connectivity index (χ0n) is 19.4. The highest BCUT2D eigenvalue weighted by atomic mass is 35.5. The number of rotatable bonds is 14. The molecule has 0 aromatic heterocycles. The molecule has 1 saturated heterocycles. The van der Waals surface area contributed by atoms with E-state index in [0.29, 0.717) is 12.5 Å². The highest BCUT2D eigenvalue weighted by Gasteiger charge is 2.14. The summed E-state index contributed by atoms with van der Waals surface area (Å²) in [6.45, 7) is 9.67. The van der Waals surface area contributed by atoms with Crippen LogP contribution in [-0.2, 0) is 13.8 Å². The van der Waals surface area contributed by atoms with Crippen LogP contribution >= 0.6 is 11.9 Å². The first-order chi connectivity index (χ1) is 13.7. The number of carbonyl (C=O) groups is 1. The molecule has 1 heterocycles. The van der Waals surface area contributed by atoms with E-state index < -0.39 is 0 Å². The molecule has 1 unspecified atom stereocenters. The minimum atomic E-state index is -0.322. The van der Waals surface area contributed by atoms with E-state index in [9.17, 15) is 4.79 Å². The molecule has 1 rings (SSSR count). The lowest BCUT2D eigenvalue weighted by Gasteiger charge is -2.08. The number of hydrogen-bond donors (Lipinski definition) is 0. The van der Waals surface area contributed by atoms with Gasteiger partial charge in [-0.15, -0.1) is 0 Å². The summed E-state index contributed by atoms with van der Waals surface area (Å²) >= 11 is 4.82. The van der Waals surface area contributed by atoms with Crippen LogP contribution in [0, 0.1) is 0 Å². The van der Waals surface area contributed by atoms with Crippen LogP contribution in [-0.4, -0.2) is 18.7 Å². The molecular formula is C24H49ClO3. The van der Waals surface area contributed by atoms with Crippen molar-refractivity contribution in [3.8, 4) is 0 Å². The molecule has 0 saturated carbocycles. The number of ether oxygens (including phenoxy) is 1. The molecule has 1 atom stereocenters. The van der Waals surface area contributed by atoms with Crippen molar-refractivity contribution in [3.05, 3.63) is 0 Å². The Kier molecular flexibility index (Phi) is 28.5. The Balaban J connectivity index is 0. The average molecular weight is 421 g/mol. The third kappa shape index (κ3) is 25.7. The van der Waals surface area contributed by atoms with E-state index in [1.165, 1.54) is 89.9 Å². The first-order valence-electron chi connectivity index (χ1n) is 12.1. The van der Waals surface area contributed by atoms with Crippen LogP contribution in [0.5, 0.6) is 0 Å². The Morgan fingerprint density at radius 3 is 1.82 bits per heavy atom. The lowest BCUT2D eigenvalue weighted by atomic mass is 10.0. The van der Waals surface area contributed by atoms with Crippen molar-refractivity contribution in [2.24, 2.45) is 0 Å². The monoisotopic (exact) mass is 420 g/mol. The second-order valence-corrected chi connectivity index (χ2v) is 8.02. The molecule has 28 heavy (non-hydrogen) atoms. The Morgan fingerprint density at radius 1 is 0.857 bits per heavy atom. The van der Waals surface area contributed by atoms with Gasteiger partial charge in [0.05, 0.1) is 6.10 Å². The van der Waals surface area contributed by atoms with Crippen molar-refractivity contribution in [3.63, 3.8) is 0 Å². The quantitative estimate of drug-likeness (QED) is 0.263. The third-order valence-corrected chi connectivity index (χ3v) is 4.90. The Labute approximate surface area is 181 Å². The predicted octanol–water partition coefficient (Wildman–Crippen LogP) is 8.77. The van der Waals surface area contributed by atoms with E-state index in [0.717, 1.165) is 19.4 Å². The van der Waals surface area contributed by atoms with Crippen molar-refractivity contribution in [1.82, 2.24) is 0 Å². The van der Waals surface area contributed by atoms with E-state index in [-0.39, 0.29) is 5.97 Å². The van der Waals surface area contributed by atoms with Crippen LogP contribution < -0.4 is 0 Å². The summed E-state index contributed by atoms with van der Waals surface area (Å²) in [6.07, 6.45) is 22.0. The van der Waals surface area contributed by atoms with Crippen LogP contribution in [0.1, 0.15) is 137 Å². The van der Waals surface area contributed by atoms with Crippen molar-refractivity contribution < 1.29 is 13.8 Å². The standard InChI is InChI=1S/C14H28O.C7H13ClO2.C3H8/c1-2-3-4-5-6-7-8-9-11-14-12-10-13-15-14;1-2-3-4-5-6-7(9)10-8;1-3-2/h14H,2-13H2,1H3;2-6H2,1H3;3H2,1-2H3. The van der Waals surface area contributed by atoms with Gasteiger partial charge in [-0.25, -0.2) is 0 Å². The summed E-state index contributed by atoms with van der Waals surface area (Å²) in [6, 6.07) is 0. The molecule has 170 valence electrons. The topological polar surface area (TPSA) is 35.5 Å². The molecule has 1 aliphatic rings. The lowest BCUT2D eigenvalue weighted by Crippen LogP contribution is -2.03. The molecule has 0 amide bonds. The summed E-state index contributed by atoms with van der Waals surface area (Å²) in [5.41, 5.74) is 0. The molecule has 1 fully saturated rings. The van der Waals surface area contributed by atoms with Crippen molar-refractivity contribution in [1.29, 1.82) is 0 Å². The van der Waals surface area contributed by atoms with Gasteiger partial charge >= 0.3 is 5.97 Å². The van der Waals surface area contributed by atoms with E-state index in [2.05, 4.69) is 32.0 Å². The maximum Gasteiger partial charge on any atom is 0.324 e. The van der Waals surface area contributed by atoms with Gasteiger partial charge < -0.3 is 9.03 Å². The van der Waals surface area contributed by atoms with Crippen LogP contribution in [0.25, 0.3) is 0 Å². The van der Waals surface area contributed by atoms with Crippen LogP contribution in [0.4, 0.5) is 0 Å². The third-order valence-electron chi connectivity index (χ3n) is 4.72. The van der Waals surface area contributed by atoms with Gasteiger partial charge in [0.2, 0.25) is 0 Å². The number of unbranched alkanes of at least 4 members (excludes halogenated alkanes) is 10. The molecule has 4 heteroatoms. The van der Waals surface area contributed by atoms with E-state index in [1.807, 2.05) is 0 Å². The molecule has 0 N–H and O–H groups in total. The van der Waals surface area contributed by atoms with Crippen molar-refractivity contribution in [2.75, 3.05) is 6.61 Å². The normalized spacial score (nSPS) is 15.2. The molecular weight excluding hydrogens is 372 g/mol. The van der Waals surface area contributed by atoms with Gasteiger partial charge in [0.1, 0.15) is 11.9 Å². The minimum absolute atomic E-state index is 0.322. The Morgan fingerprint density at radius 2 is 1.36 bits per heavy atom. The first-order valence-corrected chi connectivity index (χ1v) is 12.4. The van der Waals surface area contributed by atoms with Gasteiger partial charge in [-0.3, -0.25) is 4.79 Å². The van der Waals surface area contributed by atoms with Gasteiger partial charge in [0.25, 0.3) is 0 Å².